The van der Waals surface area contributed by atoms with Crippen molar-refractivity contribution >= 4 is 54.8 Å². The van der Waals surface area contributed by atoms with Crippen molar-refractivity contribution in [3.05, 3.63) is 66.7 Å². The summed E-state index contributed by atoms with van der Waals surface area (Å²) in [7, 11) is 4.08. The van der Waals surface area contributed by atoms with Crippen LogP contribution in [0.3, 0.4) is 0 Å². The van der Waals surface area contributed by atoms with Crippen molar-refractivity contribution in [1.29, 1.82) is 0 Å². The van der Waals surface area contributed by atoms with Crippen molar-refractivity contribution in [2.75, 3.05) is 32.5 Å². The van der Waals surface area contributed by atoms with Gasteiger partial charge in [-0.05, 0) is 70.8 Å². The van der Waals surface area contributed by atoms with E-state index in [4.69, 9.17) is 0 Å². The molecule has 0 aliphatic carbocycles. The lowest BCUT2D eigenvalue weighted by Crippen LogP contribution is -2.31. The molecule has 0 saturated carbocycles. The molecule has 30 heavy (non-hydrogen) atoms. The third-order valence-electron chi connectivity index (χ3n) is 5.83. The zero-order chi connectivity index (χ0) is 20.7. The smallest absolute Gasteiger partial charge is 0.319 e. The van der Waals surface area contributed by atoms with Gasteiger partial charge in [-0.3, -0.25) is 0 Å². The number of hydrogen-bond acceptors (Lipinski definition) is 2. The average Bonchev–Trinajstić information content (AvgIpc) is 2.75. The first-order chi connectivity index (χ1) is 14.6. The third-order valence-corrected chi connectivity index (χ3v) is 5.83. The van der Waals surface area contributed by atoms with Crippen LogP contribution in [0, 0.1) is 0 Å². The molecular weight excluding hydrogens is 370 g/mol. The molecule has 0 saturated heterocycles. The molecule has 0 bridgehead atoms. The van der Waals surface area contributed by atoms with E-state index >= 15 is 0 Å². The molecule has 0 aromatic heterocycles. The highest BCUT2D eigenvalue weighted by Crippen LogP contribution is 2.42. The van der Waals surface area contributed by atoms with Crippen molar-refractivity contribution in [1.82, 2.24) is 10.2 Å². The molecule has 0 atom stereocenters. The number of fused-ring (bicyclic) bond motifs is 2. The van der Waals surface area contributed by atoms with Crippen molar-refractivity contribution in [3.63, 3.8) is 0 Å². The molecule has 5 rings (SSSR count). The summed E-state index contributed by atoms with van der Waals surface area (Å²) in [4.78, 5) is 14.7. The number of anilines is 1. The Morgan fingerprint density at radius 3 is 2.10 bits per heavy atom. The molecule has 2 amide bonds. The van der Waals surface area contributed by atoms with E-state index in [1.165, 1.54) is 37.7 Å². The number of rotatable bonds is 5. The Bertz CT molecular complexity index is 1370. The van der Waals surface area contributed by atoms with Crippen LogP contribution in [0.25, 0.3) is 43.1 Å². The first kappa shape index (κ1) is 18.6. The zero-order valence-corrected chi connectivity index (χ0v) is 17.3. The molecule has 4 heteroatoms. The van der Waals surface area contributed by atoms with Gasteiger partial charge in [-0.2, -0.15) is 0 Å². The minimum Gasteiger partial charge on any atom is -0.338 e. The quantitative estimate of drug-likeness (QED) is 0.224. The fraction of sp³-hybridized carbons (Fsp3) is 0.192. The number of hydrogen-bond donors (Lipinski definition) is 2. The van der Waals surface area contributed by atoms with Crippen molar-refractivity contribution in [3.8, 4) is 0 Å². The van der Waals surface area contributed by atoms with Crippen molar-refractivity contribution in [2.45, 2.75) is 6.42 Å². The number of nitrogens with zero attached hydrogens (tertiary/aromatic N) is 1. The molecule has 4 nitrogen and oxygen atoms in total. The second kappa shape index (κ2) is 7.47. The van der Waals surface area contributed by atoms with E-state index in [0.717, 1.165) is 24.0 Å². The van der Waals surface area contributed by atoms with E-state index < -0.39 is 0 Å². The molecule has 0 radical (unpaired) electrons. The molecule has 0 aliphatic rings. The molecule has 0 aliphatic heterocycles. The topological polar surface area (TPSA) is 44.4 Å². The summed E-state index contributed by atoms with van der Waals surface area (Å²) in [6.07, 6.45) is 0.918. The molecule has 5 aromatic carbocycles. The first-order valence-corrected chi connectivity index (χ1v) is 10.4. The van der Waals surface area contributed by atoms with Crippen LogP contribution < -0.4 is 10.6 Å². The molecule has 0 spiro atoms. The van der Waals surface area contributed by atoms with Gasteiger partial charge in [0.05, 0.1) is 5.69 Å². The van der Waals surface area contributed by atoms with Gasteiger partial charge in [-0.15, -0.1) is 0 Å². The summed E-state index contributed by atoms with van der Waals surface area (Å²) < 4.78 is 0. The Balaban J connectivity index is 1.65. The van der Waals surface area contributed by atoms with Crippen LogP contribution in [0.5, 0.6) is 0 Å². The average molecular weight is 396 g/mol. The molecule has 0 unspecified atom stereocenters. The number of amides is 2. The van der Waals surface area contributed by atoms with E-state index in [9.17, 15) is 4.79 Å². The standard InChI is InChI=1S/C26H25N3O/c1-29(2)16-6-15-27-26(30)28-22-14-13-18-9-4-11-20-19-10-3-7-17-8-5-12-21(23(17)19)25(22)24(18)20/h3-5,7-14H,6,15-16H2,1-2H3,(H2,27,28,30). The van der Waals surface area contributed by atoms with Crippen molar-refractivity contribution < 1.29 is 4.79 Å². The molecule has 0 heterocycles. The number of urea groups is 1. The van der Waals surface area contributed by atoms with E-state index in [2.05, 4.69) is 76.2 Å². The van der Waals surface area contributed by atoms with E-state index in [0.29, 0.717) is 6.54 Å². The number of nitrogens with one attached hydrogen (secondary N) is 2. The summed E-state index contributed by atoms with van der Waals surface area (Å²) in [5.74, 6) is 0. The van der Waals surface area contributed by atoms with E-state index in [1.54, 1.807) is 0 Å². The van der Waals surface area contributed by atoms with Gasteiger partial charge >= 0.3 is 6.03 Å². The van der Waals surface area contributed by atoms with Crippen LogP contribution in [0.4, 0.5) is 10.5 Å². The molecule has 2 N–H and O–H groups in total. The maximum absolute atomic E-state index is 12.6. The van der Waals surface area contributed by atoms with Gasteiger partial charge < -0.3 is 15.5 Å². The van der Waals surface area contributed by atoms with Gasteiger partial charge in [0.2, 0.25) is 0 Å². The van der Waals surface area contributed by atoms with Gasteiger partial charge in [0.1, 0.15) is 0 Å². The van der Waals surface area contributed by atoms with E-state index in [-0.39, 0.29) is 6.03 Å². The molecular formula is C26H25N3O. The zero-order valence-electron chi connectivity index (χ0n) is 17.3. The maximum Gasteiger partial charge on any atom is 0.319 e. The van der Waals surface area contributed by atoms with E-state index in [1.807, 2.05) is 20.2 Å². The van der Waals surface area contributed by atoms with Crippen LogP contribution in [0.15, 0.2) is 66.7 Å². The Morgan fingerprint density at radius 2 is 1.40 bits per heavy atom. The summed E-state index contributed by atoms with van der Waals surface area (Å²) in [6, 6.07) is 23.3. The highest BCUT2D eigenvalue weighted by molar-refractivity contribution is 6.35. The Hall–Kier alpha value is -3.37. The monoisotopic (exact) mass is 395 g/mol. The lowest BCUT2D eigenvalue weighted by molar-refractivity contribution is 0.251. The van der Waals surface area contributed by atoms with Gasteiger partial charge in [-0.1, -0.05) is 60.7 Å². The van der Waals surface area contributed by atoms with Crippen LogP contribution in [-0.4, -0.2) is 38.1 Å². The maximum atomic E-state index is 12.6. The molecule has 5 aromatic rings. The summed E-state index contributed by atoms with van der Waals surface area (Å²) >= 11 is 0. The predicted molar refractivity (Wildman–Crippen MR) is 128 cm³/mol. The predicted octanol–water partition coefficient (Wildman–Crippen LogP) is 5.81. The number of carbonyl (C=O) groups is 1. The van der Waals surface area contributed by atoms with Gasteiger partial charge in [-0.25, -0.2) is 4.79 Å². The van der Waals surface area contributed by atoms with Crippen LogP contribution >= 0.6 is 0 Å². The minimum atomic E-state index is -0.159. The third kappa shape index (κ3) is 3.10. The van der Waals surface area contributed by atoms with Gasteiger partial charge in [0.15, 0.2) is 0 Å². The number of benzene rings is 5. The summed E-state index contributed by atoms with van der Waals surface area (Å²) in [5.41, 5.74) is 0.849. The van der Waals surface area contributed by atoms with Gasteiger partial charge in [0, 0.05) is 11.9 Å². The number of carbonyl (C=O) groups excluding carboxylic acids is 1. The molecule has 150 valence electrons. The highest BCUT2D eigenvalue weighted by atomic mass is 16.2. The normalized spacial score (nSPS) is 11.8. The van der Waals surface area contributed by atoms with Crippen LogP contribution in [0.1, 0.15) is 6.42 Å². The van der Waals surface area contributed by atoms with Crippen LogP contribution in [-0.2, 0) is 0 Å². The lowest BCUT2D eigenvalue weighted by atomic mass is 9.89. The second-order valence-electron chi connectivity index (χ2n) is 8.14. The summed E-state index contributed by atoms with van der Waals surface area (Å²) in [5, 5.41) is 15.7. The SMILES string of the molecule is CN(C)CCCNC(=O)Nc1ccc2cccc3c4cccc5cccc(c1c23)c54. The Morgan fingerprint density at radius 1 is 0.767 bits per heavy atom. The minimum absolute atomic E-state index is 0.159. The first-order valence-electron chi connectivity index (χ1n) is 10.4. The fourth-order valence-corrected chi connectivity index (χ4v) is 4.53. The molecule has 0 fully saturated rings. The lowest BCUT2D eigenvalue weighted by Gasteiger charge is -2.18. The highest BCUT2D eigenvalue weighted by Gasteiger charge is 2.16. The van der Waals surface area contributed by atoms with Crippen LogP contribution in [0.2, 0.25) is 0 Å². The fourth-order valence-electron chi connectivity index (χ4n) is 4.53. The van der Waals surface area contributed by atoms with Gasteiger partial charge in [0.25, 0.3) is 0 Å². The second-order valence-corrected chi connectivity index (χ2v) is 8.14. The largest absolute Gasteiger partial charge is 0.338 e. The Labute approximate surface area is 175 Å². The Kier molecular flexibility index (Phi) is 4.64. The van der Waals surface area contributed by atoms with Crippen molar-refractivity contribution in [2.24, 2.45) is 0 Å². The summed E-state index contributed by atoms with van der Waals surface area (Å²) in [6.45, 7) is 1.60.